The molecule has 5 heterocycles. The monoisotopic (exact) mass is 415 g/mol. The smallest absolute Gasteiger partial charge is 0.345 e. The molecule has 7 nitrogen and oxygen atoms in total. The molecule has 2 fully saturated rings. The minimum Gasteiger partial charge on any atom is -0.422 e. The van der Waals surface area contributed by atoms with Crippen molar-refractivity contribution in [3.63, 3.8) is 0 Å². The van der Waals surface area contributed by atoms with Crippen molar-refractivity contribution in [3.8, 4) is 11.3 Å². The van der Waals surface area contributed by atoms with Gasteiger partial charge >= 0.3 is 5.63 Å². The highest BCUT2D eigenvalue weighted by molar-refractivity contribution is 5.84. The second-order valence-electron chi connectivity index (χ2n) is 9.14. The number of imidazole rings is 1. The van der Waals surface area contributed by atoms with E-state index >= 15 is 0 Å². The minimum atomic E-state index is -0.365. The number of rotatable bonds is 2. The van der Waals surface area contributed by atoms with E-state index in [1.54, 1.807) is 0 Å². The van der Waals surface area contributed by atoms with Gasteiger partial charge in [-0.25, -0.2) is 9.78 Å². The van der Waals surface area contributed by atoms with Crippen molar-refractivity contribution in [2.24, 2.45) is 11.8 Å². The van der Waals surface area contributed by atoms with Crippen molar-refractivity contribution in [3.05, 3.63) is 58.5 Å². The van der Waals surface area contributed by atoms with Gasteiger partial charge in [-0.3, -0.25) is 4.98 Å². The molecule has 4 aromatic rings. The lowest BCUT2D eigenvalue weighted by atomic mass is 10.0. The van der Waals surface area contributed by atoms with E-state index < -0.39 is 0 Å². The van der Waals surface area contributed by atoms with Crippen molar-refractivity contribution >= 4 is 22.3 Å². The number of hydrogen-bond acceptors (Lipinski definition) is 6. The first kappa shape index (κ1) is 18.6. The maximum atomic E-state index is 12.8. The summed E-state index contributed by atoms with van der Waals surface area (Å²) in [5.74, 6) is 1.46. The summed E-state index contributed by atoms with van der Waals surface area (Å²) in [6.07, 6.45) is 3.78. The summed E-state index contributed by atoms with van der Waals surface area (Å²) >= 11 is 0. The van der Waals surface area contributed by atoms with Gasteiger partial charge in [-0.05, 0) is 50.9 Å². The predicted octanol–water partition coefficient (Wildman–Crippen LogP) is 3.12. The van der Waals surface area contributed by atoms with E-state index in [1.807, 2.05) is 48.8 Å². The SMILES string of the molecule is Cc1cn2cc(-c3cc4ccc(N5C[C@H]6CN(C)C[C@H]6C5)cc4oc3=O)nc2c(C)n1. The first-order chi connectivity index (χ1) is 14.9. The largest absolute Gasteiger partial charge is 0.422 e. The van der Waals surface area contributed by atoms with Crippen molar-refractivity contribution in [1.82, 2.24) is 19.3 Å². The van der Waals surface area contributed by atoms with Crippen LogP contribution in [0, 0.1) is 25.7 Å². The van der Waals surface area contributed by atoms with E-state index in [0.717, 1.165) is 53.0 Å². The average Bonchev–Trinajstić information content (AvgIpc) is 3.39. The third kappa shape index (κ3) is 3.03. The maximum absolute atomic E-state index is 12.8. The Morgan fingerprint density at radius 3 is 2.55 bits per heavy atom. The zero-order valence-electron chi connectivity index (χ0n) is 18.0. The van der Waals surface area contributed by atoms with Crippen LogP contribution in [-0.2, 0) is 0 Å². The molecule has 2 atom stereocenters. The summed E-state index contributed by atoms with van der Waals surface area (Å²) in [6.45, 7) is 8.34. The molecule has 2 aliphatic rings. The van der Waals surface area contributed by atoms with Crippen LogP contribution in [0.4, 0.5) is 5.69 Å². The van der Waals surface area contributed by atoms with E-state index in [-0.39, 0.29) is 5.63 Å². The number of hydrogen-bond donors (Lipinski definition) is 0. The zero-order chi connectivity index (χ0) is 21.3. The second-order valence-corrected chi connectivity index (χ2v) is 9.14. The molecule has 1 aromatic carbocycles. The topological polar surface area (TPSA) is 66.9 Å². The molecular formula is C24H25N5O2. The van der Waals surface area contributed by atoms with Crippen LogP contribution in [0.5, 0.6) is 0 Å². The lowest BCUT2D eigenvalue weighted by molar-refractivity contribution is 0.387. The highest BCUT2D eigenvalue weighted by Gasteiger charge is 2.38. The predicted molar refractivity (Wildman–Crippen MR) is 121 cm³/mol. The number of anilines is 1. The minimum absolute atomic E-state index is 0.365. The lowest BCUT2D eigenvalue weighted by Crippen LogP contribution is -2.26. The standard InChI is InChI=1S/C24H25N5O2/c1-14-8-29-13-21(26-23(29)15(2)25-14)20-6-16-4-5-19(7-22(16)31-24(20)30)28-11-17-9-27(3)10-18(17)12-28/h4-8,13,17-18H,9-12H2,1-3H3/t17-,18+. The van der Waals surface area contributed by atoms with Crippen molar-refractivity contribution < 1.29 is 4.42 Å². The highest BCUT2D eigenvalue weighted by Crippen LogP contribution is 2.34. The molecule has 0 N–H and O–H groups in total. The fourth-order valence-corrected chi connectivity index (χ4v) is 5.35. The van der Waals surface area contributed by atoms with Crippen molar-refractivity contribution in [2.45, 2.75) is 13.8 Å². The molecule has 6 rings (SSSR count). The van der Waals surface area contributed by atoms with Crippen LogP contribution < -0.4 is 10.5 Å². The molecule has 2 aliphatic heterocycles. The van der Waals surface area contributed by atoms with E-state index in [0.29, 0.717) is 16.8 Å². The van der Waals surface area contributed by atoms with E-state index in [2.05, 4.69) is 32.9 Å². The summed E-state index contributed by atoms with van der Waals surface area (Å²) in [5.41, 5.74) is 4.96. The van der Waals surface area contributed by atoms with Crippen LogP contribution >= 0.6 is 0 Å². The Bertz CT molecular complexity index is 1370. The van der Waals surface area contributed by atoms with Gasteiger partial charge in [0.05, 0.1) is 22.6 Å². The van der Waals surface area contributed by atoms with Gasteiger partial charge in [0.15, 0.2) is 5.65 Å². The molecule has 0 bridgehead atoms. The third-order valence-corrected chi connectivity index (χ3v) is 6.76. The van der Waals surface area contributed by atoms with Crippen LogP contribution in [0.2, 0.25) is 0 Å². The molecule has 3 aromatic heterocycles. The summed E-state index contributed by atoms with van der Waals surface area (Å²) in [7, 11) is 2.20. The molecule has 2 saturated heterocycles. The first-order valence-electron chi connectivity index (χ1n) is 10.8. The number of benzene rings is 1. The second kappa shape index (κ2) is 6.65. The molecular weight excluding hydrogens is 390 g/mol. The van der Waals surface area contributed by atoms with Crippen molar-refractivity contribution in [1.29, 1.82) is 0 Å². The molecule has 158 valence electrons. The van der Waals surface area contributed by atoms with Crippen LogP contribution in [0.15, 0.2) is 45.9 Å². The third-order valence-electron chi connectivity index (χ3n) is 6.76. The molecule has 0 saturated carbocycles. The summed E-state index contributed by atoms with van der Waals surface area (Å²) in [6, 6.07) is 8.07. The summed E-state index contributed by atoms with van der Waals surface area (Å²) in [4.78, 5) is 26.8. The Morgan fingerprint density at radius 2 is 1.77 bits per heavy atom. The van der Waals surface area contributed by atoms with Gasteiger partial charge < -0.3 is 18.6 Å². The van der Waals surface area contributed by atoms with Gasteiger partial charge in [-0.2, -0.15) is 0 Å². The molecule has 0 unspecified atom stereocenters. The Balaban J connectivity index is 1.36. The summed E-state index contributed by atoms with van der Waals surface area (Å²) < 4.78 is 7.67. The molecule has 0 spiro atoms. The first-order valence-corrected chi connectivity index (χ1v) is 10.8. The van der Waals surface area contributed by atoms with Gasteiger partial charge in [-0.1, -0.05) is 0 Å². The molecule has 7 heteroatoms. The number of fused-ring (bicyclic) bond motifs is 3. The highest BCUT2D eigenvalue weighted by atomic mass is 16.4. The van der Waals surface area contributed by atoms with Crippen LogP contribution in [0.3, 0.4) is 0 Å². The Labute approximate surface area is 179 Å². The molecule has 31 heavy (non-hydrogen) atoms. The van der Waals surface area contributed by atoms with Crippen molar-refractivity contribution in [2.75, 3.05) is 38.1 Å². The van der Waals surface area contributed by atoms with Gasteiger partial charge in [0.2, 0.25) is 0 Å². The molecule has 0 radical (unpaired) electrons. The van der Waals surface area contributed by atoms with Crippen LogP contribution in [0.1, 0.15) is 11.4 Å². The Morgan fingerprint density at radius 1 is 1.00 bits per heavy atom. The zero-order valence-corrected chi connectivity index (χ0v) is 18.0. The molecule has 0 aliphatic carbocycles. The Hall–Kier alpha value is -3.19. The van der Waals surface area contributed by atoms with Gasteiger partial charge in [0.1, 0.15) is 5.58 Å². The lowest BCUT2D eigenvalue weighted by Gasteiger charge is -2.21. The van der Waals surface area contributed by atoms with Gasteiger partial charge in [0, 0.05) is 55.7 Å². The average molecular weight is 415 g/mol. The molecule has 0 amide bonds. The Kier molecular flexibility index (Phi) is 3.99. The van der Waals surface area contributed by atoms with Gasteiger partial charge in [-0.15, -0.1) is 0 Å². The number of likely N-dealkylation sites (tertiary alicyclic amines) is 1. The normalized spacial score (nSPS) is 21.5. The fraction of sp³-hybridized carbons (Fsp3) is 0.375. The van der Waals surface area contributed by atoms with Crippen LogP contribution in [-0.4, -0.2) is 52.5 Å². The van der Waals surface area contributed by atoms with Gasteiger partial charge in [0.25, 0.3) is 0 Å². The quantitative estimate of drug-likeness (QED) is 0.469. The van der Waals surface area contributed by atoms with Crippen LogP contribution in [0.25, 0.3) is 27.9 Å². The summed E-state index contributed by atoms with van der Waals surface area (Å²) in [5, 5.41) is 0.903. The number of aryl methyl sites for hydroxylation is 2. The fourth-order valence-electron chi connectivity index (χ4n) is 5.35. The van der Waals surface area contributed by atoms with E-state index in [4.69, 9.17) is 4.42 Å². The van der Waals surface area contributed by atoms with E-state index in [1.165, 1.54) is 13.1 Å². The van der Waals surface area contributed by atoms with E-state index in [9.17, 15) is 4.79 Å². The number of aromatic nitrogens is 3. The maximum Gasteiger partial charge on any atom is 0.345 e. The number of nitrogens with zero attached hydrogens (tertiary/aromatic N) is 5.